The number of halogens is 1. The van der Waals surface area contributed by atoms with Gasteiger partial charge in [-0.3, -0.25) is 0 Å². The molecule has 2 rings (SSSR count). The van der Waals surface area contributed by atoms with Crippen LogP contribution < -0.4 is 10.6 Å². The zero-order valence-corrected chi connectivity index (χ0v) is 17.7. The van der Waals surface area contributed by atoms with Crippen LogP contribution in [0.3, 0.4) is 0 Å². The SMILES string of the molecule is CCNC(=NCc1ccc(F)c(COC)c1)NCC1(CCOCC)CCCC1. The van der Waals surface area contributed by atoms with E-state index in [4.69, 9.17) is 14.5 Å². The van der Waals surface area contributed by atoms with Crippen molar-refractivity contribution in [3.8, 4) is 0 Å². The first kappa shape index (κ1) is 22.6. The van der Waals surface area contributed by atoms with Crippen molar-refractivity contribution in [1.29, 1.82) is 0 Å². The van der Waals surface area contributed by atoms with Gasteiger partial charge in [0.1, 0.15) is 5.82 Å². The molecule has 0 saturated heterocycles. The Morgan fingerprint density at radius 1 is 1.21 bits per heavy atom. The monoisotopic (exact) mass is 393 g/mol. The standard InChI is InChI=1S/C22H36FN3O2/c1-4-24-21(25-15-18-8-9-20(23)19(14-18)16-27-3)26-17-22(10-6-7-11-22)12-13-28-5-2/h8-9,14H,4-7,10-13,15-17H2,1-3H3,(H2,24,25,26). The summed E-state index contributed by atoms with van der Waals surface area (Å²) in [6.07, 6.45) is 6.15. The van der Waals surface area contributed by atoms with E-state index in [1.165, 1.54) is 31.7 Å². The van der Waals surface area contributed by atoms with Crippen molar-refractivity contribution in [2.45, 2.75) is 59.1 Å². The number of ether oxygens (including phenoxy) is 2. The molecule has 0 spiro atoms. The summed E-state index contributed by atoms with van der Waals surface area (Å²) in [4.78, 5) is 4.70. The zero-order valence-electron chi connectivity index (χ0n) is 17.7. The first-order valence-electron chi connectivity index (χ1n) is 10.5. The highest BCUT2D eigenvalue weighted by Gasteiger charge is 2.33. The molecule has 0 aliphatic heterocycles. The number of hydrogen-bond donors (Lipinski definition) is 2. The number of guanidine groups is 1. The van der Waals surface area contributed by atoms with Crippen LogP contribution in [0.25, 0.3) is 0 Å². The maximum Gasteiger partial charge on any atom is 0.191 e. The van der Waals surface area contributed by atoms with E-state index in [2.05, 4.69) is 17.6 Å². The smallest absolute Gasteiger partial charge is 0.191 e. The fourth-order valence-electron chi connectivity index (χ4n) is 3.85. The molecule has 1 aromatic rings. The summed E-state index contributed by atoms with van der Waals surface area (Å²) in [7, 11) is 1.57. The Kier molecular flexibility index (Phi) is 9.71. The van der Waals surface area contributed by atoms with Gasteiger partial charge in [-0.15, -0.1) is 0 Å². The van der Waals surface area contributed by atoms with Crippen molar-refractivity contribution < 1.29 is 13.9 Å². The van der Waals surface area contributed by atoms with Gasteiger partial charge in [-0.2, -0.15) is 0 Å². The molecule has 1 aliphatic carbocycles. The molecule has 0 atom stereocenters. The second-order valence-corrected chi connectivity index (χ2v) is 7.56. The summed E-state index contributed by atoms with van der Waals surface area (Å²) in [6.45, 7) is 8.18. The van der Waals surface area contributed by atoms with Gasteiger partial charge in [-0.25, -0.2) is 9.38 Å². The summed E-state index contributed by atoms with van der Waals surface area (Å²) < 4.78 is 24.5. The lowest BCUT2D eigenvalue weighted by atomic mass is 9.83. The van der Waals surface area contributed by atoms with E-state index in [1.807, 2.05) is 13.0 Å². The Hall–Kier alpha value is -1.66. The van der Waals surface area contributed by atoms with Gasteiger partial charge in [0.15, 0.2) is 5.96 Å². The Labute approximate surface area is 169 Å². The van der Waals surface area contributed by atoms with Crippen molar-refractivity contribution >= 4 is 5.96 Å². The van der Waals surface area contributed by atoms with Crippen molar-refractivity contribution in [1.82, 2.24) is 10.6 Å². The van der Waals surface area contributed by atoms with Gasteiger partial charge in [-0.05, 0) is 56.2 Å². The van der Waals surface area contributed by atoms with E-state index in [9.17, 15) is 4.39 Å². The van der Waals surface area contributed by atoms with Gasteiger partial charge >= 0.3 is 0 Å². The number of nitrogens with one attached hydrogen (secondary N) is 2. The number of aliphatic imine (C=N–C) groups is 1. The minimum atomic E-state index is -0.239. The van der Waals surface area contributed by atoms with Crippen LogP contribution in [0.4, 0.5) is 4.39 Å². The van der Waals surface area contributed by atoms with Crippen LogP contribution in [0.1, 0.15) is 57.1 Å². The molecule has 1 aromatic carbocycles. The van der Waals surface area contributed by atoms with Crippen molar-refractivity contribution in [3.63, 3.8) is 0 Å². The highest BCUT2D eigenvalue weighted by Crippen LogP contribution is 2.40. The summed E-state index contributed by atoms with van der Waals surface area (Å²) in [5, 5.41) is 6.86. The summed E-state index contributed by atoms with van der Waals surface area (Å²) >= 11 is 0. The van der Waals surface area contributed by atoms with Crippen LogP contribution in [0.15, 0.2) is 23.2 Å². The Morgan fingerprint density at radius 3 is 2.68 bits per heavy atom. The maximum absolute atomic E-state index is 13.8. The molecule has 1 aliphatic rings. The summed E-state index contributed by atoms with van der Waals surface area (Å²) in [5.74, 6) is 0.569. The predicted octanol–water partition coefficient (Wildman–Crippen LogP) is 4.01. The second-order valence-electron chi connectivity index (χ2n) is 7.56. The van der Waals surface area contributed by atoms with Gasteiger partial charge in [0.2, 0.25) is 0 Å². The number of methoxy groups -OCH3 is 1. The van der Waals surface area contributed by atoms with Crippen LogP contribution in [-0.2, 0) is 22.6 Å². The zero-order chi connectivity index (χ0) is 20.2. The highest BCUT2D eigenvalue weighted by molar-refractivity contribution is 5.79. The van der Waals surface area contributed by atoms with E-state index >= 15 is 0 Å². The van der Waals surface area contributed by atoms with E-state index in [1.54, 1.807) is 13.2 Å². The van der Waals surface area contributed by atoms with Crippen LogP contribution in [0.2, 0.25) is 0 Å². The fraction of sp³-hybridized carbons (Fsp3) is 0.682. The first-order chi connectivity index (χ1) is 13.6. The molecule has 158 valence electrons. The normalized spacial score (nSPS) is 16.4. The molecule has 0 radical (unpaired) electrons. The van der Waals surface area contributed by atoms with Crippen LogP contribution in [-0.4, -0.2) is 39.4 Å². The molecule has 2 N–H and O–H groups in total. The summed E-state index contributed by atoms with van der Waals surface area (Å²) in [6, 6.07) is 5.09. The second kappa shape index (κ2) is 12.0. The average Bonchev–Trinajstić information content (AvgIpc) is 3.16. The van der Waals surface area contributed by atoms with Crippen molar-refractivity contribution in [3.05, 3.63) is 35.1 Å². The third-order valence-electron chi connectivity index (χ3n) is 5.45. The average molecular weight is 394 g/mol. The Bertz CT molecular complexity index is 616. The third kappa shape index (κ3) is 7.06. The highest BCUT2D eigenvalue weighted by atomic mass is 19.1. The van der Waals surface area contributed by atoms with Crippen LogP contribution >= 0.6 is 0 Å². The molecule has 6 heteroatoms. The van der Waals surface area contributed by atoms with Gasteiger partial charge < -0.3 is 20.1 Å². The molecule has 0 bridgehead atoms. The molecule has 0 heterocycles. The van der Waals surface area contributed by atoms with E-state index in [0.717, 1.165) is 44.2 Å². The maximum atomic E-state index is 13.8. The fourth-order valence-corrected chi connectivity index (χ4v) is 3.85. The lowest BCUT2D eigenvalue weighted by Crippen LogP contribution is -2.43. The molecule has 1 saturated carbocycles. The quantitative estimate of drug-likeness (QED) is 0.339. The molecule has 0 aromatic heterocycles. The summed E-state index contributed by atoms with van der Waals surface area (Å²) in [5.41, 5.74) is 1.83. The largest absolute Gasteiger partial charge is 0.382 e. The molecule has 1 fully saturated rings. The first-order valence-corrected chi connectivity index (χ1v) is 10.5. The minimum absolute atomic E-state index is 0.239. The number of rotatable bonds is 11. The molecule has 5 nitrogen and oxygen atoms in total. The minimum Gasteiger partial charge on any atom is -0.382 e. The lowest BCUT2D eigenvalue weighted by molar-refractivity contribution is 0.105. The van der Waals surface area contributed by atoms with E-state index in [0.29, 0.717) is 17.5 Å². The van der Waals surface area contributed by atoms with Crippen LogP contribution in [0.5, 0.6) is 0 Å². The molecular weight excluding hydrogens is 357 g/mol. The van der Waals surface area contributed by atoms with Crippen molar-refractivity contribution in [2.75, 3.05) is 33.4 Å². The topological polar surface area (TPSA) is 54.9 Å². The van der Waals surface area contributed by atoms with E-state index in [-0.39, 0.29) is 12.4 Å². The Morgan fingerprint density at radius 2 is 2.00 bits per heavy atom. The molecular formula is C22H36FN3O2. The van der Waals surface area contributed by atoms with E-state index < -0.39 is 0 Å². The van der Waals surface area contributed by atoms with Crippen LogP contribution in [0, 0.1) is 11.2 Å². The van der Waals surface area contributed by atoms with Gasteiger partial charge in [0.05, 0.1) is 13.2 Å². The Balaban J connectivity index is 1.98. The van der Waals surface area contributed by atoms with Gasteiger partial charge in [-0.1, -0.05) is 18.9 Å². The number of hydrogen-bond acceptors (Lipinski definition) is 3. The van der Waals surface area contributed by atoms with Gasteiger partial charge in [0, 0.05) is 39.0 Å². The molecule has 0 unspecified atom stereocenters. The molecule has 0 amide bonds. The van der Waals surface area contributed by atoms with Crippen molar-refractivity contribution in [2.24, 2.45) is 10.4 Å². The molecule has 28 heavy (non-hydrogen) atoms. The third-order valence-corrected chi connectivity index (χ3v) is 5.45. The predicted molar refractivity (Wildman–Crippen MR) is 112 cm³/mol. The lowest BCUT2D eigenvalue weighted by Gasteiger charge is -2.30. The number of nitrogens with zero attached hydrogens (tertiary/aromatic N) is 1. The number of benzene rings is 1. The van der Waals surface area contributed by atoms with Gasteiger partial charge in [0.25, 0.3) is 0 Å².